The van der Waals surface area contributed by atoms with Crippen LogP contribution in [0.15, 0.2) is 16.7 Å². The summed E-state index contributed by atoms with van der Waals surface area (Å²) in [6.07, 6.45) is 4.61. The van der Waals surface area contributed by atoms with Crippen LogP contribution in [0, 0.1) is 0 Å². The van der Waals surface area contributed by atoms with E-state index in [4.69, 9.17) is 30.3 Å². The molecule has 2 heterocycles. The Kier molecular flexibility index (Phi) is 7.31. The van der Waals surface area contributed by atoms with Crippen LogP contribution in [0.2, 0.25) is 5.02 Å². The number of methoxy groups -OCH3 is 1. The zero-order chi connectivity index (χ0) is 18.4. The third kappa shape index (κ3) is 4.97. The van der Waals surface area contributed by atoms with Gasteiger partial charge in [-0.25, -0.2) is 0 Å². The number of nitrogens with zero attached hydrogens (tertiary/aromatic N) is 2. The quantitative estimate of drug-likeness (QED) is 0.545. The first-order chi connectivity index (χ1) is 12.7. The molecule has 8 heteroatoms. The highest BCUT2D eigenvalue weighted by atomic mass is 79.9. The van der Waals surface area contributed by atoms with E-state index in [-0.39, 0.29) is 6.29 Å². The summed E-state index contributed by atoms with van der Waals surface area (Å²) in [6.45, 7) is 1.12. The van der Waals surface area contributed by atoms with Gasteiger partial charge in [-0.05, 0) is 37.8 Å². The van der Waals surface area contributed by atoms with Crippen molar-refractivity contribution in [1.29, 1.82) is 0 Å². The second kappa shape index (κ2) is 9.69. The van der Waals surface area contributed by atoms with Gasteiger partial charge in [0.25, 0.3) is 0 Å². The van der Waals surface area contributed by atoms with Gasteiger partial charge in [-0.15, -0.1) is 0 Å². The van der Waals surface area contributed by atoms with E-state index < -0.39 is 0 Å². The third-order valence-corrected chi connectivity index (χ3v) is 5.04. The summed E-state index contributed by atoms with van der Waals surface area (Å²) in [5.41, 5.74) is 1.54. The molecule has 1 aliphatic heterocycles. The van der Waals surface area contributed by atoms with E-state index in [1.54, 1.807) is 7.11 Å². The fraction of sp³-hybridized carbons (Fsp3) is 0.556. The van der Waals surface area contributed by atoms with Crippen molar-refractivity contribution < 1.29 is 18.7 Å². The van der Waals surface area contributed by atoms with Gasteiger partial charge in [0.1, 0.15) is 5.75 Å². The molecule has 0 amide bonds. The number of alkyl halides is 1. The third-order valence-electron chi connectivity index (χ3n) is 4.17. The fourth-order valence-electron chi connectivity index (χ4n) is 2.78. The van der Waals surface area contributed by atoms with Crippen molar-refractivity contribution in [2.45, 2.75) is 45.0 Å². The van der Waals surface area contributed by atoms with E-state index in [1.165, 1.54) is 0 Å². The minimum Gasteiger partial charge on any atom is -0.496 e. The lowest BCUT2D eigenvalue weighted by Gasteiger charge is -2.23. The highest BCUT2D eigenvalue weighted by Gasteiger charge is 2.18. The topological polar surface area (TPSA) is 66.6 Å². The lowest BCUT2D eigenvalue weighted by Crippen LogP contribution is -2.22. The molecule has 1 unspecified atom stereocenters. The summed E-state index contributed by atoms with van der Waals surface area (Å²) >= 11 is 9.85. The van der Waals surface area contributed by atoms with Crippen molar-refractivity contribution in [2.75, 3.05) is 19.0 Å². The Balaban J connectivity index is 1.74. The van der Waals surface area contributed by atoms with Crippen molar-refractivity contribution in [1.82, 2.24) is 10.1 Å². The second-order valence-corrected chi connectivity index (χ2v) is 7.26. The van der Waals surface area contributed by atoms with E-state index in [9.17, 15) is 0 Å². The summed E-state index contributed by atoms with van der Waals surface area (Å²) in [5.74, 6) is 1.73. The Morgan fingerprint density at radius 1 is 1.35 bits per heavy atom. The summed E-state index contributed by atoms with van der Waals surface area (Å²) in [7, 11) is 1.62. The molecule has 1 aromatic carbocycles. The number of benzene rings is 1. The van der Waals surface area contributed by atoms with E-state index >= 15 is 0 Å². The molecule has 1 aromatic heterocycles. The molecular formula is C18H22BrClN2O4. The summed E-state index contributed by atoms with van der Waals surface area (Å²) < 4.78 is 22.2. The van der Waals surface area contributed by atoms with Gasteiger partial charge in [0.05, 0.1) is 18.7 Å². The average molecular weight is 446 g/mol. The maximum Gasteiger partial charge on any atom is 0.226 e. The number of aromatic nitrogens is 2. The van der Waals surface area contributed by atoms with Crippen molar-refractivity contribution >= 4 is 27.5 Å². The molecule has 6 nitrogen and oxygen atoms in total. The summed E-state index contributed by atoms with van der Waals surface area (Å²) in [6, 6.07) is 3.65. The highest BCUT2D eigenvalue weighted by molar-refractivity contribution is 9.09. The smallest absolute Gasteiger partial charge is 0.226 e. The second-order valence-electron chi connectivity index (χ2n) is 6.06. The molecule has 142 valence electrons. The van der Waals surface area contributed by atoms with Crippen molar-refractivity contribution in [3.05, 3.63) is 28.6 Å². The molecule has 1 atom stereocenters. The Hall–Kier alpha value is -1.15. The van der Waals surface area contributed by atoms with E-state index in [0.717, 1.165) is 49.6 Å². The standard InChI is InChI=1S/C18H22BrClN2O4/c1-23-15-10-13(18-21-16(26-22-18)5-4-7-19)14(20)9-12(15)11-25-17-6-2-3-8-24-17/h9-10,17H,2-8,11H2,1H3. The SMILES string of the molecule is COc1cc(-c2noc(CCCBr)n2)c(Cl)cc1COC1CCCCO1. The molecule has 2 aromatic rings. The molecular weight excluding hydrogens is 424 g/mol. The van der Waals surface area contributed by atoms with Crippen LogP contribution in [0.25, 0.3) is 11.4 Å². The van der Waals surface area contributed by atoms with Crippen LogP contribution in [0.1, 0.15) is 37.1 Å². The molecule has 0 bridgehead atoms. The number of hydrogen-bond acceptors (Lipinski definition) is 6. The van der Waals surface area contributed by atoms with E-state index in [1.807, 2.05) is 12.1 Å². The maximum atomic E-state index is 6.46. The van der Waals surface area contributed by atoms with Crippen molar-refractivity contribution in [3.63, 3.8) is 0 Å². The van der Waals surface area contributed by atoms with Gasteiger partial charge in [0.2, 0.25) is 11.7 Å². The number of aryl methyl sites for hydroxylation is 1. The average Bonchev–Trinajstić information content (AvgIpc) is 3.14. The van der Waals surface area contributed by atoms with Crippen LogP contribution in [0.4, 0.5) is 0 Å². The Bertz CT molecular complexity index is 719. The van der Waals surface area contributed by atoms with Crippen molar-refractivity contribution in [3.8, 4) is 17.1 Å². The van der Waals surface area contributed by atoms with Crippen LogP contribution in [-0.4, -0.2) is 35.5 Å². The molecule has 3 rings (SSSR count). The summed E-state index contributed by atoms with van der Waals surface area (Å²) in [4.78, 5) is 4.41. The first-order valence-electron chi connectivity index (χ1n) is 8.69. The predicted octanol–water partition coefficient (Wildman–Crippen LogP) is 4.77. The predicted molar refractivity (Wildman–Crippen MR) is 102 cm³/mol. The van der Waals surface area contributed by atoms with Gasteiger partial charge >= 0.3 is 0 Å². The Labute approximate surface area is 166 Å². The van der Waals surface area contributed by atoms with Gasteiger partial charge in [0.15, 0.2) is 6.29 Å². The van der Waals surface area contributed by atoms with Crippen LogP contribution in [0.5, 0.6) is 5.75 Å². The van der Waals surface area contributed by atoms with Gasteiger partial charge in [-0.3, -0.25) is 0 Å². The van der Waals surface area contributed by atoms with Crippen molar-refractivity contribution in [2.24, 2.45) is 0 Å². The zero-order valence-electron chi connectivity index (χ0n) is 14.7. The molecule has 1 aliphatic rings. The van der Waals surface area contributed by atoms with Crippen LogP contribution < -0.4 is 4.74 Å². The largest absolute Gasteiger partial charge is 0.496 e. The molecule has 0 radical (unpaired) electrons. The molecule has 0 spiro atoms. The number of hydrogen-bond donors (Lipinski definition) is 0. The number of rotatable bonds is 8. The zero-order valence-corrected chi connectivity index (χ0v) is 17.0. The van der Waals surface area contributed by atoms with Gasteiger partial charge in [-0.1, -0.05) is 32.7 Å². The monoisotopic (exact) mass is 444 g/mol. The first-order valence-corrected chi connectivity index (χ1v) is 10.2. The molecule has 0 saturated carbocycles. The molecule has 1 fully saturated rings. The Morgan fingerprint density at radius 3 is 2.96 bits per heavy atom. The minimum atomic E-state index is -0.166. The molecule has 1 saturated heterocycles. The summed E-state index contributed by atoms with van der Waals surface area (Å²) in [5, 5.41) is 5.45. The van der Waals surface area contributed by atoms with Gasteiger partial charge < -0.3 is 18.7 Å². The molecule has 26 heavy (non-hydrogen) atoms. The number of ether oxygens (including phenoxy) is 3. The van der Waals surface area contributed by atoms with Crippen LogP contribution in [0.3, 0.4) is 0 Å². The van der Waals surface area contributed by atoms with Crippen LogP contribution in [-0.2, 0) is 22.5 Å². The highest BCUT2D eigenvalue weighted by Crippen LogP contribution is 2.34. The van der Waals surface area contributed by atoms with Gasteiger partial charge in [-0.2, -0.15) is 4.98 Å². The van der Waals surface area contributed by atoms with E-state index in [0.29, 0.717) is 34.7 Å². The fourth-order valence-corrected chi connectivity index (χ4v) is 3.33. The Morgan fingerprint density at radius 2 is 2.23 bits per heavy atom. The minimum absolute atomic E-state index is 0.166. The van der Waals surface area contributed by atoms with Gasteiger partial charge in [0, 0.05) is 29.5 Å². The molecule has 0 N–H and O–H groups in total. The first kappa shape index (κ1) is 19.6. The molecule has 0 aliphatic carbocycles. The number of halogens is 2. The lowest BCUT2D eigenvalue weighted by molar-refractivity contribution is -0.169. The lowest BCUT2D eigenvalue weighted by atomic mass is 10.1. The normalized spacial score (nSPS) is 17.4. The maximum absolute atomic E-state index is 6.46. The van der Waals surface area contributed by atoms with E-state index in [2.05, 4.69) is 26.1 Å². The van der Waals surface area contributed by atoms with Crippen LogP contribution >= 0.6 is 27.5 Å².